The topological polar surface area (TPSA) is 69.4 Å². The highest BCUT2D eigenvalue weighted by atomic mass is 19.4. The summed E-state index contributed by atoms with van der Waals surface area (Å²) in [5.74, 6) is -2.35. The van der Waals surface area contributed by atoms with Gasteiger partial charge in [-0.1, -0.05) is 0 Å². The summed E-state index contributed by atoms with van der Waals surface area (Å²) in [7, 11) is 0. The Kier molecular flexibility index (Phi) is 3.68. The lowest BCUT2D eigenvalue weighted by molar-refractivity contribution is -0.199. The van der Waals surface area contributed by atoms with Gasteiger partial charge in [0.1, 0.15) is 12.9 Å². The first-order chi connectivity index (χ1) is 5.38. The van der Waals surface area contributed by atoms with Crippen molar-refractivity contribution in [1.29, 1.82) is 0 Å². The van der Waals surface area contributed by atoms with Crippen LogP contribution in [0.1, 0.15) is 0 Å². The number of hydrogen-bond acceptors (Lipinski definition) is 4. The first-order valence-corrected chi connectivity index (χ1v) is 2.82. The second kappa shape index (κ2) is 4.05. The van der Waals surface area contributed by atoms with Crippen LogP contribution in [-0.2, 0) is 14.3 Å². The third-order valence-electron chi connectivity index (χ3n) is 0.813. The number of ether oxygens (including phenoxy) is 1. The molecule has 1 unspecified atom stereocenters. The molecular formula is C5H6F3NO3. The number of carbonyl (C=O) groups excluding carboxylic acids is 2. The van der Waals surface area contributed by atoms with Crippen molar-refractivity contribution in [3.8, 4) is 0 Å². The zero-order chi connectivity index (χ0) is 9.78. The largest absolute Gasteiger partial charge is 0.490 e. The van der Waals surface area contributed by atoms with Gasteiger partial charge in [0, 0.05) is 0 Å². The minimum Gasteiger partial charge on any atom is -0.457 e. The zero-order valence-corrected chi connectivity index (χ0v) is 5.80. The van der Waals surface area contributed by atoms with Crippen LogP contribution < -0.4 is 5.73 Å². The van der Waals surface area contributed by atoms with E-state index in [1.807, 2.05) is 0 Å². The highest BCUT2D eigenvalue weighted by molar-refractivity contribution is 5.75. The van der Waals surface area contributed by atoms with E-state index < -0.39 is 24.8 Å². The Morgan fingerprint density at radius 2 is 2.08 bits per heavy atom. The van der Waals surface area contributed by atoms with Gasteiger partial charge in [0.05, 0.1) is 6.04 Å². The molecule has 0 saturated heterocycles. The number of alkyl halides is 3. The van der Waals surface area contributed by atoms with Crippen molar-refractivity contribution >= 4 is 12.3 Å². The first-order valence-electron chi connectivity index (χ1n) is 2.82. The van der Waals surface area contributed by atoms with E-state index in [-0.39, 0.29) is 6.29 Å². The lowest BCUT2D eigenvalue weighted by Gasteiger charge is -2.07. The Bertz CT molecular complexity index is 179. The normalized spacial score (nSPS) is 13.7. The fourth-order valence-corrected chi connectivity index (χ4v) is 0.293. The summed E-state index contributed by atoms with van der Waals surface area (Å²) in [4.78, 5) is 19.7. The molecule has 2 N–H and O–H groups in total. The van der Waals surface area contributed by atoms with Crippen molar-refractivity contribution in [3.05, 3.63) is 0 Å². The van der Waals surface area contributed by atoms with Crippen LogP contribution in [0.3, 0.4) is 0 Å². The maximum absolute atomic E-state index is 11.4. The molecule has 0 aliphatic rings. The van der Waals surface area contributed by atoms with Crippen molar-refractivity contribution in [2.45, 2.75) is 12.2 Å². The second-order valence-corrected chi connectivity index (χ2v) is 1.90. The van der Waals surface area contributed by atoms with E-state index in [0.717, 1.165) is 0 Å². The quantitative estimate of drug-likeness (QED) is 0.480. The van der Waals surface area contributed by atoms with E-state index in [9.17, 15) is 22.8 Å². The first kappa shape index (κ1) is 10.9. The minimum absolute atomic E-state index is 0.184. The van der Waals surface area contributed by atoms with Crippen molar-refractivity contribution in [1.82, 2.24) is 0 Å². The van der Waals surface area contributed by atoms with E-state index in [4.69, 9.17) is 5.73 Å². The van der Waals surface area contributed by atoms with Gasteiger partial charge < -0.3 is 15.3 Å². The maximum Gasteiger partial charge on any atom is 0.490 e. The number of rotatable bonds is 3. The number of nitrogens with two attached hydrogens (primary N) is 1. The molecule has 12 heavy (non-hydrogen) atoms. The molecule has 1 atom stereocenters. The molecule has 0 amide bonds. The molecule has 0 aromatic heterocycles. The third kappa shape index (κ3) is 3.91. The predicted octanol–water partition coefficient (Wildman–Crippen LogP) is -0.382. The van der Waals surface area contributed by atoms with Crippen molar-refractivity contribution in [3.63, 3.8) is 0 Å². The van der Waals surface area contributed by atoms with Crippen LogP contribution in [0.25, 0.3) is 0 Å². The molecule has 0 aromatic rings. The van der Waals surface area contributed by atoms with Crippen LogP contribution in [0, 0.1) is 0 Å². The Morgan fingerprint density at radius 3 is 2.42 bits per heavy atom. The molecule has 0 radical (unpaired) electrons. The number of carbonyl (C=O) groups is 2. The van der Waals surface area contributed by atoms with Crippen LogP contribution in [0.4, 0.5) is 13.2 Å². The van der Waals surface area contributed by atoms with Crippen molar-refractivity contribution < 1.29 is 27.5 Å². The lowest BCUT2D eigenvalue weighted by Crippen LogP contribution is -2.33. The van der Waals surface area contributed by atoms with Gasteiger partial charge in [0.2, 0.25) is 0 Å². The van der Waals surface area contributed by atoms with Crippen LogP contribution in [0.5, 0.6) is 0 Å². The number of halogens is 3. The minimum atomic E-state index is -5.04. The Labute approximate surface area is 65.5 Å². The summed E-state index contributed by atoms with van der Waals surface area (Å²) in [6.45, 7) is -0.762. The van der Waals surface area contributed by atoms with Crippen LogP contribution in [0.2, 0.25) is 0 Å². The molecule has 7 heteroatoms. The smallest absolute Gasteiger partial charge is 0.457 e. The lowest BCUT2D eigenvalue weighted by atomic mass is 10.4. The molecule has 70 valence electrons. The van der Waals surface area contributed by atoms with Gasteiger partial charge in [-0.2, -0.15) is 13.2 Å². The zero-order valence-electron chi connectivity index (χ0n) is 5.80. The summed E-state index contributed by atoms with van der Waals surface area (Å²) >= 11 is 0. The van der Waals surface area contributed by atoms with E-state index in [1.165, 1.54) is 0 Å². The molecule has 4 nitrogen and oxygen atoms in total. The average Bonchev–Trinajstić information content (AvgIpc) is 1.97. The summed E-state index contributed by atoms with van der Waals surface area (Å²) in [6, 6.07) is -1.21. The molecule has 0 bridgehead atoms. The molecule has 0 spiro atoms. The van der Waals surface area contributed by atoms with Gasteiger partial charge in [-0.05, 0) is 0 Å². The standard InChI is InChI=1S/C5H6F3NO3/c6-5(7,8)4(11)12-2-3(9)1-10/h1,3H,2,9H2. The highest BCUT2D eigenvalue weighted by Crippen LogP contribution is 2.16. The Balaban J connectivity index is 3.80. The summed E-state index contributed by atoms with van der Waals surface area (Å²) in [5.41, 5.74) is 4.85. The summed E-state index contributed by atoms with van der Waals surface area (Å²) in [6.07, 6.45) is -4.85. The third-order valence-corrected chi connectivity index (χ3v) is 0.813. The van der Waals surface area contributed by atoms with Gasteiger partial charge in [-0.15, -0.1) is 0 Å². The number of aldehydes is 1. The summed E-state index contributed by atoms with van der Waals surface area (Å²) < 4.78 is 37.8. The van der Waals surface area contributed by atoms with E-state index in [2.05, 4.69) is 4.74 Å². The van der Waals surface area contributed by atoms with Crippen molar-refractivity contribution in [2.75, 3.05) is 6.61 Å². The maximum atomic E-state index is 11.4. The fraction of sp³-hybridized carbons (Fsp3) is 0.600. The Hall–Kier alpha value is -1.11. The number of esters is 1. The highest BCUT2D eigenvalue weighted by Gasteiger charge is 2.41. The van der Waals surface area contributed by atoms with Crippen LogP contribution in [-0.4, -0.2) is 31.1 Å². The average molecular weight is 185 g/mol. The van der Waals surface area contributed by atoms with Crippen LogP contribution in [0.15, 0.2) is 0 Å². The van der Waals surface area contributed by atoms with Crippen molar-refractivity contribution in [2.24, 2.45) is 5.73 Å². The molecule has 0 aliphatic carbocycles. The number of hydrogen-bond donors (Lipinski definition) is 1. The van der Waals surface area contributed by atoms with Gasteiger partial charge in [0.25, 0.3) is 0 Å². The van der Waals surface area contributed by atoms with Gasteiger partial charge >= 0.3 is 12.1 Å². The van der Waals surface area contributed by atoms with Crippen LogP contribution >= 0.6 is 0 Å². The monoisotopic (exact) mass is 185 g/mol. The fourth-order valence-electron chi connectivity index (χ4n) is 0.293. The molecule has 0 aromatic carbocycles. The van der Waals surface area contributed by atoms with E-state index in [0.29, 0.717) is 0 Å². The Morgan fingerprint density at radius 1 is 1.58 bits per heavy atom. The molecule has 0 fully saturated rings. The predicted molar refractivity (Wildman–Crippen MR) is 31.1 cm³/mol. The van der Waals surface area contributed by atoms with E-state index in [1.54, 1.807) is 0 Å². The molecule has 0 heterocycles. The second-order valence-electron chi connectivity index (χ2n) is 1.90. The van der Waals surface area contributed by atoms with Gasteiger partial charge in [-0.25, -0.2) is 4.79 Å². The van der Waals surface area contributed by atoms with Gasteiger partial charge in [0.15, 0.2) is 0 Å². The summed E-state index contributed by atoms with van der Waals surface area (Å²) in [5, 5.41) is 0. The molecule has 0 aliphatic heterocycles. The molecular weight excluding hydrogens is 179 g/mol. The SMILES string of the molecule is NC(C=O)COC(=O)C(F)(F)F. The molecule has 0 saturated carbocycles. The molecule has 0 rings (SSSR count). The van der Waals surface area contributed by atoms with Gasteiger partial charge in [-0.3, -0.25) is 0 Å². The van der Waals surface area contributed by atoms with E-state index >= 15 is 0 Å².